The maximum atomic E-state index is 14.6. The van der Waals surface area contributed by atoms with Crippen molar-refractivity contribution < 1.29 is 48.5 Å². The number of rotatable bonds is 17. The third kappa shape index (κ3) is 16.1. The van der Waals surface area contributed by atoms with Crippen LogP contribution in [0.15, 0.2) is 83.9 Å². The van der Waals surface area contributed by atoms with Gasteiger partial charge in [-0.05, 0) is 73.1 Å². The number of esters is 1. The van der Waals surface area contributed by atoms with Gasteiger partial charge in [-0.25, -0.2) is 4.79 Å². The Labute approximate surface area is 384 Å². The Kier molecular flexibility index (Phi) is 19.8. The molecule has 0 aromatic heterocycles. The van der Waals surface area contributed by atoms with Crippen molar-refractivity contribution in [2.45, 2.75) is 121 Å². The maximum Gasteiger partial charge on any atom is 0.329 e. The molecule has 1 heterocycles. The number of benzene rings is 3. The molecule has 356 valence electrons. The van der Waals surface area contributed by atoms with E-state index in [1.54, 1.807) is 56.3 Å². The normalized spacial score (nSPS) is 21.7. The summed E-state index contributed by atoms with van der Waals surface area (Å²) in [6, 6.07) is 12.4. The number of cyclic esters (lactones) is 1. The molecule has 19 nitrogen and oxygen atoms in total. The van der Waals surface area contributed by atoms with Crippen LogP contribution >= 0.6 is 0 Å². The number of guanidine groups is 1. The molecule has 1 saturated heterocycles. The van der Waals surface area contributed by atoms with Gasteiger partial charge in [-0.3, -0.25) is 33.8 Å². The summed E-state index contributed by atoms with van der Waals surface area (Å²) >= 11 is 0. The fourth-order valence-electron chi connectivity index (χ4n) is 7.18. The molecule has 1 aliphatic rings. The molecule has 3 aromatic carbocycles. The Hall–Kier alpha value is -7.18. The molecule has 0 aliphatic carbocycles. The summed E-state index contributed by atoms with van der Waals surface area (Å²) < 4.78 is 5.92. The molecule has 0 saturated carbocycles. The third-order valence-electron chi connectivity index (χ3n) is 11.1. The number of hydrogen-bond acceptors (Lipinski definition) is 11. The van der Waals surface area contributed by atoms with Crippen molar-refractivity contribution in [3.05, 3.63) is 95.6 Å². The molecular formula is C47H63N9O10. The second-order valence-electron chi connectivity index (χ2n) is 16.4. The minimum absolute atomic E-state index is 0.0288. The number of nitrogens with two attached hydrogens (primary N) is 2. The second kappa shape index (κ2) is 25.3. The van der Waals surface area contributed by atoms with Crippen LogP contribution in [-0.2, 0) is 57.6 Å². The average molecular weight is 914 g/mol. The summed E-state index contributed by atoms with van der Waals surface area (Å²) in [7, 11) is 0. The number of carbonyl (C=O) groups is 7. The van der Waals surface area contributed by atoms with E-state index in [4.69, 9.17) is 16.2 Å². The molecule has 1 fully saturated rings. The molecule has 6 amide bonds. The highest BCUT2D eigenvalue weighted by Gasteiger charge is 2.39. The predicted molar refractivity (Wildman–Crippen MR) is 245 cm³/mol. The van der Waals surface area contributed by atoms with Gasteiger partial charge in [0.2, 0.25) is 35.4 Å². The third-order valence-corrected chi connectivity index (χ3v) is 11.1. The first kappa shape index (κ1) is 51.5. The number of hydrogen-bond donors (Lipinski definition) is 10. The Morgan fingerprint density at radius 3 is 1.82 bits per heavy atom. The lowest BCUT2D eigenvalue weighted by atomic mass is 9.97. The number of carbonyl (C=O) groups excluding carboxylic acids is 7. The first-order chi connectivity index (χ1) is 31.5. The van der Waals surface area contributed by atoms with Crippen molar-refractivity contribution >= 4 is 47.4 Å². The number of phenols is 2. The number of amides is 6. The van der Waals surface area contributed by atoms with Crippen LogP contribution in [0.2, 0.25) is 0 Å². The van der Waals surface area contributed by atoms with E-state index < -0.39 is 89.7 Å². The molecule has 8 atom stereocenters. The van der Waals surface area contributed by atoms with Crippen LogP contribution in [0.3, 0.4) is 0 Å². The lowest BCUT2D eigenvalue weighted by Crippen LogP contribution is -2.63. The summed E-state index contributed by atoms with van der Waals surface area (Å²) in [5.41, 5.74) is 12.8. The minimum Gasteiger partial charge on any atom is -0.508 e. The number of phenolic OH excluding ortho intramolecular Hbond substituents is 2. The lowest BCUT2D eigenvalue weighted by Gasteiger charge is -2.32. The van der Waals surface area contributed by atoms with Crippen molar-refractivity contribution in [3.63, 3.8) is 0 Å². The second-order valence-corrected chi connectivity index (χ2v) is 16.4. The topological polar surface area (TPSA) is 306 Å². The summed E-state index contributed by atoms with van der Waals surface area (Å²) in [6.45, 7) is 6.76. The number of aliphatic imine (C=N–C) groups is 1. The summed E-state index contributed by atoms with van der Waals surface area (Å²) in [5.74, 6) is -6.33. The Bertz CT molecular complexity index is 2150. The molecule has 1 unspecified atom stereocenters. The predicted octanol–water partition coefficient (Wildman–Crippen LogP) is 0.880. The highest BCUT2D eigenvalue weighted by atomic mass is 16.5. The molecule has 4 rings (SSSR count). The highest BCUT2D eigenvalue weighted by molar-refractivity contribution is 5.97. The van der Waals surface area contributed by atoms with Gasteiger partial charge in [0.05, 0.1) is 0 Å². The Morgan fingerprint density at radius 2 is 1.27 bits per heavy atom. The van der Waals surface area contributed by atoms with Crippen LogP contribution in [0.4, 0.5) is 0 Å². The Balaban J connectivity index is 1.83. The van der Waals surface area contributed by atoms with Gasteiger partial charge in [0.1, 0.15) is 53.9 Å². The van der Waals surface area contributed by atoms with E-state index in [1.165, 1.54) is 43.3 Å². The van der Waals surface area contributed by atoms with Crippen LogP contribution in [0.25, 0.3) is 0 Å². The molecule has 19 heteroatoms. The van der Waals surface area contributed by atoms with Gasteiger partial charge >= 0.3 is 5.97 Å². The van der Waals surface area contributed by atoms with Gasteiger partial charge in [0.15, 0.2) is 5.96 Å². The van der Waals surface area contributed by atoms with Crippen molar-refractivity contribution in [2.24, 2.45) is 22.4 Å². The summed E-state index contributed by atoms with van der Waals surface area (Å²) in [4.78, 5) is 103. The molecule has 1 aliphatic heterocycles. The highest BCUT2D eigenvalue weighted by Crippen LogP contribution is 2.18. The number of ether oxygens (including phenoxy) is 1. The van der Waals surface area contributed by atoms with Gasteiger partial charge in [0.25, 0.3) is 0 Å². The standard InChI is InChI=1S/C47H63N9O10/c1-5-11-38(59)51-35(24-29-12-8-7-9-13-29)43(62)56-40-28(4)66-46(65)39(27(3)6-2)55-44(63)37(26-31-17-21-33(58)22-18-31)53-41(60)34(14-10-23-50-47(48)49)52-42(61)36(54-45(40)64)25-30-15-19-32(57)20-16-30/h7-9,12-13,15-22,27-28,34-37,39-40,57-58H,5-6,10-11,14,23-26H2,1-4H3,(H,51,59)(H,52,61)(H,53,60)(H,54,64)(H,55,63)(H,56,62)(H4,48,49,50)/t27-,28-,34?,35-,36-,37-,39+,40+/m1/s1. The number of nitrogens with zero attached hydrogens (tertiary/aromatic N) is 1. The first-order valence-corrected chi connectivity index (χ1v) is 22.1. The molecule has 66 heavy (non-hydrogen) atoms. The van der Waals surface area contributed by atoms with Gasteiger partial charge in [-0.1, -0.05) is 81.8 Å². The summed E-state index contributed by atoms with van der Waals surface area (Å²) in [6.07, 6.45) is -0.525. The molecule has 0 spiro atoms. The first-order valence-electron chi connectivity index (χ1n) is 22.1. The SMILES string of the molecule is CCCC(=O)N[C@H](Cc1ccccc1)C(=O)N[C@@H]1C(=O)N[C@H](Cc2ccc(O)cc2)C(=O)NC(CCCN=C(N)N)C(=O)N[C@H](Cc2ccc(O)cc2)C(=O)N[C@@H]([C@H](C)CC)C(=O)O[C@@H]1C. The van der Waals surface area contributed by atoms with E-state index >= 15 is 0 Å². The van der Waals surface area contributed by atoms with Crippen molar-refractivity contribution in [1.29, 1.82) is 0 Å². The van der Waals surface area contributed by atoms with E-state index in [1.807, 2.05) is 6.92 Å². The van der Waals surface area contributed by atoms with E-state index in [0.29, 0.717) is 29.5 Å². The fraction of sp³-hybridized carbons (Fsp3) is 0.447. The van der Waals surface area contributed by atoms with Gasteiger partial charge in [0, 0.05) is 32.2 Å². The quantitative estimate of drug-likeness (QED) is 0.0391. The van der Waals surface area contributed by atoms with E-state index in [9.17, 15) is 43.8 Å². The molecule has 3 aromatic rings. The van der Waals surface area contributed by atoms with Gasteiger partial charge in [-0.15, -0.1) is 0 Å². The van der Waals surface area contributed by atoms with Crippen molar-refractivity contribution in [1.82, 2.24) is 31.9 Å². The van der Waals surface area contributed by atoms with Crippen molar-refractivity contribution in [2.75, 3.05) is 6.54 Å². The zero-order chi connectivity index (χ0) is 48.3. The molecule has 0 bridgehead atoms. The van der Waals surface area contributed by atoms with E-state index in [0.717, 1.165) is 0 Å². The number of aromatic hydroxyl groups is 2. The van der Waals surface area contributed by atoms with Crippen LogP contribution in [0.1, 0.15) is 76.5 Å². The van der Waals surface area contributed by atoms with Crippen LogP contribution in [0, 0.1) is 5.92 Å². The summed E-state index contributed by atoms with van der Waals surface area (Å²) in [5, 5.41) is 36.2. The maximum absolute atomic E-state index is 14.6. The van der Waals surface area contributed by atoms with Crippen LogP contribution in [-0.4, -0.2) is 106 Å². The van der Waals surface area contributed by atoms with Gasteiger partial charge < -0.3 is 58.3 Å². The number of nitrogens with one attached hydrogen (secondary N) is 6. The largest absolute Gasteiger partial charge is 0.508 e. The van der Waals surface area contributed by atoms with Crippen LogP contribution in [0.5, 0.6) is 11.5 Å². The van der Waals surface area contributed by atoms with E-state index in [2.05, 4.69) is 36.9 Å². The van der Waals surface area contributed by atoms with E-state index in [-0.39, 0.29) is 62.5 Å². The van der Waals surface area contributed by atoms with Crippen molar-refractivity contribution in [3.8, 4) is 11.5 Å². The molecule has 0 radical (unpaired) electrons. The zero-order valence-electron chi connectivity index (χ0n) is 37.8. The minimum atomic E-state index is -1.68. The lowest BCUT2D eigenvalue weighted by molar-refractivity contribution is -0.157. The van der Waals surface area contributed by atoms with Crippen LogP contribution < -0.4 is 43.4 Å². The fourth-order valence-corrected chi connectivity index (χ4v) is 7.18. The van der Waals surface area contributed by atoms with Gasteiger partial charge in [-0.2, -0.15) is 0 Å². The average Bonchev–Trinajstić information content (AvgIpc) is 3.28. The molecular weight excluding hydrogens is 851 g/mol. The Morgan fingerprint density at radius 1 is 0.742 bits per heavy atom. The monoisotopic (exact) mass is 913 g/mol. The smallest absolute Gasteiger partial charge is 0.329 e. The zero-order valence-corrected chi connectivity index (χ0v) is 37.8. The molecule has 12 N–H and O–H groups in total.